The predicted octanol–water partition coefficient (Wildman–Crippen LogP) is 3.85. The van der Waals surface area contributed by atoms with Gasteiger partial charge >= 0.3 is 5.69 Å². The molecule has 11 heteroatoms. The van der Waals surface area contributed by atoms with Crippen LogP contribution >= 0.6 is 23.1 Å². The summed E-state index contributed by atoms with van der Waals surface area (Å²) in [5, 5.41) is 15.2. The lowest BCUT2D eigenvalue weighted by molar-refractivity contribution is -0.385. The molecule has 1 aromatic heterocycles. The minimum absolute atomic E-state index is 0.0541. The fourth-order valence-electron chi connectivity index (χ4n) is 2.51. The van der Waals surface area contributed by atoms with Crippen LogP contribution in [0.1, 0.15) is 12.5 Å². The number of para-hydroxylation sites is 1. The third-order valence-electron chi connectivity index (χ3n) is 3.77. The Labute approximate surface area is 180 Å². The van der Waals surface area contributed by atoms with E-state index in [2.05, 4.69) is 15.5 Å². The molecule has 30 heavy (non-hydrogen) atoms. The third kappa shape index (κ3) is 5.24. The molecule has 1 heterocycles. The Bertz CT molecular complexity index is 1070. The standard InChI is InChI=1S/C19H18N4O5S2/c1-3-28-18-14(23(25)26)8-12(9-15(18)27-2)10-20-22-17(24)11-29-19-21-13-6-4-5-7-16(13)30-19/h4-10H,3,11H2,1-2H3,(H,22,24)/b20-10-. The maximum atomic E-state index is 12.0. The van der Waals surface area contributed by atoms with Gasteiger partial charge in [-0.05, 0) is 25.1 Å². The van der Waals surface area contributed by atoms with Gasteiger partial charge in [0.25, 0.3) is 5.91 Å². The number of ether oxygens (including phenoxy) is 2. The number of rotatable bonds is 9. The topological polar surface area (TPSA) is 116 Å². The Balaban J connectivity index is 1.63. The zero-order chi connectivity index (χ0) is 21.5. The maximum absolute atomic E-state index is 12.0. The predicted molar refractivity (Wildman–Crippen MR) is 117 cm³/mol. The first-order chi connectivity index (χ1) is 14.5. The van der Waals surface area contributed by atoms with Gasteiger partial charge in [0, 0.05) is 11.6 Å². The molecule has 1 N–H and O–H groups in total. The number of thiazole rings is 1. The summed E-state index contributed by atoms with van der Waals surface area (Å²) in [6.07, 6.45) is 1.31. The van der Waals surface area contributed by atoms with E-state index in [1.807, 2.05) is 24.3 Å². The van der Waals surface area contributed by atoms with E-state index >= 15 is 0 Å². The second-order valence-electron chi connectivity index (χ2n) is 5.79. The van der Waals surface area contributed by atoms with Crippen molar-refractivity contribution in [3.05, 3.63) is 52.1 Å². The molecule has 0 fully saturated rings. The third-order valence-corrected chi connectivity index (χ3v) is 5.95. The van der Waals surface area contributed by atoms with Gasteiger partial charge in [-0.3, -0.25) is 14.9 Å². The summed E-state index contributed by atoms with van der Waals surface area (Å²) in [6.45, 7) is 1.98. The average molecular weight is 447 g/mol. The van der Waals surface area contributed by atoms with E-state index in [-0.39, 0.29) is 35.5 Å². The van der Waals surface area contributed by atoms with Gasteiger partial charge in [0.05, 0.1) is 40.8 Å². The number of carbonyl (C=O) groups excluding carboxylic acids is 1. The summed E-state index contributed by atoms with van der Waals surface area (Å²) in [5.41, 5.74) is 3.45. The van der Waals surface area contributed by atoms with Crippen molar-refractivity contribution in [3.8, 4) is 11.5 Å². The van der Waals surface area contributed by atoms with E-state index in [1.165, 1.54) is 42.5 Å². The van der Waals surface area contributed by atoms with Gasteiger partial charge in [0.2, 0.25) is 5.75 Å². The molecule has 2 aromatic carbocycles. The number of nitro benzene ring substituents is 1. The lowest BCUT2D eigenvalue weighted by Crippen LogP contribution is -2.19. The molecule has 0 spiro atoms. The van der Waals surface area contributed by atoms with E-state index in [0.717, 1.165) is 14.6 Å². The highest BCUT2D eigenvalue weighted by Crippen LogP contribution is 2.38. The van der Waals surface area contributed by atoms with Crippen LogP contribution in [0.4, 0.5) is 5.69 Å². The van der Waals surface area contributed by atoms with Crippen LogP contribution in [0, 0.1) is 10.1 Å². The molecule has 3 aromatic rings. The number of methoxy groups -OCH3 is 1. The number of benzene rings is 2. The zero-order valence-corrected chi connectivity index (χ0v) is 17.8. The molecular weight excluding hydrogens is 428 g/mol. The summed E-state index contributed by atoms with van der Waals surface area (Å²) >= 11 is 2.83. The molecule has 3 rings (SSSR count). The minimum atomic E-state index is -0.557. The van der Waals surface area contributed by atoms with Crippen LogP contribution in [-0.2, 0) is 4.79 Å². The number of hydrogen-bond donors (Lipinski definition) is 1. The normalized spacial score (nSPS) is 11.0. The number of nitrogens with one attached hydrogen (secondary N) is 1. The van der Waals surface area contributed by atoms with Crippen LogP contribution in [0.2, 0.25) is 0 Å². The van der Waals surface area contributed by atoms with Crippen LogP contribution in [0.15, 0.2) is 45.8 Å². The first-order valence-electron chi connectivity index (χ1n) is 8.81. The molecular formula is C19H18N4O5S2. The van der Waals surface area contributed by atoms with E-state index in [9.17, 15) is 14.9 Å². The highest BCUT2D eigenvalue weighted by molar-refractivity contribution is 8.01. The molecule has 0 unspecified atom stereocenters. The van der Waals surface area contributed by atoms with Crippen LogP contribution in [0.5, 0.6) is 11.5 Å². The van der Waals surface area contributed by atoms with Crippen molar-refractivity contribution >= 4 is 51.1 Å². The van der Waals surface area contributed by atoms with E-state index in [4.69, 9.17) is 9.47 Å². The number of fused-ring (bicyclic) bond motifs is 1. The SMILES string of the molecule is CCOc1c(OC)cc(/C=N\NC(=O)CSc2nc3ccccc3s2)cc1[N+](=O)[O-]. The smallest absolute Gasteiger partial charge is 0.315 e. The fraction of sp³-hybridized carbons (Fsp3) is 0.211. The highest BCUT2D eigenvalue weighted by atomic mass is 32.2. The number of nitrogens with zero attached hydrogens (tertiary/aromatic N) is 3. The van der Waals surface area contributed by atoms with E-state index in [0.29, 0.717) is 5.56 Å². The summed E-state index contributed by atoms with van der Waals surface area (Å²) in [6, 6.07) is 10.6. The summed E-state index contributed by atoms with van der Waals surface area (Å²) in [7, 11) is 1.39. The van der Waals surface area contributed by atoms with Gasteiger partial charge in [-0.2, -0.15) is 5.10 Å². The lowest BCUT2D eigenvalue weighted by Gasteiger charge is -2.10. The molecule has 0 saturated heterocycles. The van der Waals surface area contributed by atoms with Gasteiger partial charge in [0.1, 0.15) is 0 Å². The lowest BCUT2D eigenvalue weighted by atomic mass is 10.2. The Morgan fingerprint density at radius 3 is 2.90 bits per heavy atom. The number of nitro groups is 1. The number of hydrazone groups is 1. The van der Waals surface area contributed by atoms with Gasteiger partial charge in [-0.1, -0.05) is 23.9 Å². The van der Waals surface area contributed by atoms with E-state index in [1.54, 1.807) is 13.0 Å². The first kappa shape index (κ1) is 21.5. The fourth-order valence-corrected chi connectivity index (χ4v) is 4.37. The minimum Gasteiger partial charge on any atom is -0.493 e. The van der Waals surface area contributed by atoms with Crippen molar-refractivity contribution in [2.24, 2.45) is 5.10 Å². The number of hydrogen-bond acceptors (Lipinski definition) is 9. The van der Waals surface area contributed by atoms with Gasteiger partial charge in [-0.15, -0.1) is 11.3 Å². The molecule has 0 aliphatic heterocycles. The molecule has 0 aliphatic rings. The molecule has 0 aliphatic carbocycles. The van der Waals surface area contributed by atoms with Crippen molar-refractivity contribution in [3.63, 3.8) is 0 Å². The largest absolute Gasteiger partial charge is 0.493 e. The molecule has 1 amide bonds. The van der Waals surface area contributed by atoms with Crippen LogP contribution in [-0.4, -0.2) is 41.5 Å². The van der Waals surface area contributed by atoms with Gasteiger partial charge < -0.3 is 9.47 Å². The maximum Gasteiger partial charge on any atom is 0.315 e. The Morgan fingerprint density at radius 1 is 1.40 bits per heavy atom. The monoisotopic (exact) mass is 446 g/mol. The molecule has 0 bridgehead atoms. The molecule has 9 nitrogen and oxygen atoms in total. The van der Waals surface area contributed by atoms with Gasteiger partial charge in [-0.25, -0.2) is 10.4 Å². The second-order valence-corrected chi connectivity index (χ2v) is 8.04. The first-order valence-corrected chi connectivity index (χ1v) is 10.6. The number of amides is 1. The molecule has 156 valence electrons. The van der Waals surface area contributed by atoms with Crippen molar-refractivity contribution < 1.29 is 19.2 Å². The van der Waals surface area contributed by atoms with Gasteiger partial charge in [0.15, 0.2) is 10.1 Å². The quantitative estimate of drug-likeness (QED) is 0.230. The number of aromatic nitrogens is 1. The van der Waals surface area contributed by atoms with Crippen LogP contribution in [0.3, 0.4) is 0 Å². The number of thioether (sulfide) groups is 1. The Kier molecular flexibility index (Phi) is 7.20. The molecule has 0 atom stereocenters. The summed E-state index contributed by atoms with van der Waals surface area (Å²) in [5.74, 6) is 0.0933. The van der Waals surface area contributed by atoms with Crippen molar-refractivity contribution in [2.75, 3.05) is 19.5 Å². The summed E-state index contributed by atoms with van der Waals surface area (Å²) < 4.78 is 12.4. The van der Waals surface area contributed by atoms with E-state index < -0.39 is 4.92 Å². The Hall–Kier alpha value is -3.18. The average Bonchev–Trinajstić information content (AvgIpc) is 3.16. The van der Waals surface area contributed by atoms with Crippen molar-refractivity contribution in [2.45, 2.75) is 11.3 Å². The van der Waals surface area contributed by atoms with Crippen LogP contribution < -0.4 is 14.9 Å². The summed E-state index contributed by atoms with van der Waals surface area (Å²) in [4.78, 5) is 27.3. The van der Waals surface area contributed by atoms with Crippen molar-refractivity contribution in [1.29, 1.82) is 0 Å². The van der Waals surface area contributed by atoms with Crippen LogP contribution in [0.25, 0.3) is 10.2 Å². The Morgan fingerprint density at radius 2 is 2.20 bits per heavy atom. The molecule has 0 saturated carbocycles. The number of carbonyl (C=O) groups is 1. The highest BCUT2D eigenvalue weighted by Gasteiger charge is 2.21. The zero-order valence-electron chi connectivity index (χ0n) is 16.2. The van der Waals surface area contributed by atoms with Crippen molar-refractivity contribution in [1.82, 2.24) is 10.4 Å². The molecule has 0 radical (unpaired) electrons. The second kappa shape index (κ2) is 10.0.